The highest BCUT2D eigenvalue weighted by Crippen LogP contribution is 2.26. The second kappa shape index (κ2) is 16.8. The van der Waals surface area contributed by atoms with Crippen LogP contribution in [0.15, 0.2) is 73.8 Å². The summed E-state index contributed by atoms with van der Waals surface area (Å²) < 4.78 is 11.1. The Morgan fingerprint density at radius 2 is 1.48 bits per heavy atom. The van der Waals surface area contributed by atoms with E-state index in [1.54, 1.807) is 65.8 Å². The summed E-state index contributed by atoms with van der Waals surface area (Å²) in [5, 5.41) is 5.61. The summed E-state index contributed by atoms with van der Waals surface area (Å²) in [6.07, 6.45) is 2.88. The van der Waals surface area contributed by atoms with Crippen LogP contribution >= 0.6 is 0 Å². The first-order valence-electron chi connectivity index (χ1n) is 15.6. The maximum absolute atomic E-state index is 14.4. The fraction of sp³-hybridized carbons (Fsp3) is 0.459. The van der Waals surface area contributed by atoms with Crippen LogP contribution in [0.3, 0.4) is 0 Å². The Hall–Kier alpha value is -4.40. The number of alkyl carbamates (subject to hydrolysis) is 1. The minimum absolute atomic E-state index is 0.0182. The normalized spacial score (nSPS) is 13.5. The second-order valence-corrected chi connectivity index (χ2v) is 13.7. The van der Waals surface area contributed by atoms with Gasteiger partial charge in [-0.1, -0.05) is 81.1 Å². The van der Waals surface area contributed by atoms with E-state index in [0.29, 0.717) is 12.0 Å². The summed E-state index contributed by atoms with van der Waals surface area (Å²) in [5.41, 5.74) is 0.477. The molecular formula is C37H51N3O6. The maximum Gasteiger partial charge on any atom is 0.408 e. The number of amides is 3. The van der Waals surface area contributed by atoms with Gasteiger partial charge in [0, 0.05) is 13.0 Å². The number of benzene rings is 2. The Bertz CT molecular complexity index is 1360. The first kappa shape index (κ1) is 37.8. The molecule has 0 saturated heterocycles. The number of esters is 1. The number of rotatable bonds is 14. The molecule has 3 atom stereocenters. The summed E-state index contributed by atoms with van der Waals surface area (Å²) in [6, 6.07) is 13.1. The molecular weight excluding hydrogens is 582 g/mol. The Labute approximate surface area is 274 Å². The van der Waals surface area contributed by atoms with Crippen LogP contribution in [0.2, 0.25) is 0 Å². The van der Waals surface area contributed by atoms with Crippen molar-refractivity contribution in [3.8, 4) is 0 Å². The van der Waals surface area contributed by atoms with E-state index in [-0.39, 0.29) is 18.9 Å². The van der Waals surface area contributed by atoms with Gasteiger partial charge in [-0.05, 0) is 76.6 Å². The third-order valence-corrected chi connectivity index (χ3v) is 6.62. The number of ether oxygens (including phenoxy) is 2. The van der Waals surface area contributed by atoms with Crippen molar-refractivity contribution in [2.45, 2.75) is 97.6 Å². The van der Waals surface area contributed by atoms with E-state index >= 15 is 0 Å². The highest BCUT2D eigenvalue weighted by Gasteiger charge is 2.38. The largest absolute Gasteiger partial charge is 0.458 e. The predicted octanol–water partition coefficient (Wildman–Crippen LogP) is 6.39. The van der Waals surface area contributed by atoms with E-state index in [4.69, 9.17) is 9.47 Å². The molecule has 9 heteroatoms. The summed E-state index contributed by atoms with van der Waals surface area (Å²) >= 11 is 0. The monoisotopic (exact) mass is 633 g/mol. The molecule has 46 heavy (non-hydrogen) atoms. The average Bonchev–Trinajstić information content (AvgIpc) is 2.94. The SMILES string of the molecule is C=CCN(C(=O)C(CC(C)C)NC(=O)OC(C)(C)C)C(C(=O)NC(Cc1ccccc1)C(=O)OC(C)(C)C)c1cccc(C=C)c1. The summed E-state index contributed by atoms with van der Waals surface area (Å²) in [5.74, 6) is -1.67. The molecule has 2 aromatic carbocycles. The molecule has 0 radical (unpaired) electrons. The zero-order valence-corrected chi connectivity index (χ0v) is 28.6. The Kier molecular flexibility index (Phi) is 13.8. The molecule has 9 nitrogen and oxygen atoms in total. The first-order chi connectivity index (χ1) is 21.4. The van der Waals surface area contributed by atoms with Crippen molar-refractivity contribution in [2.24, 2.45) is 5.92 Å². The lowest BCUT2D eigenvalue weighted by molar-refractivity contribution is -0.159. The van der Waals surface area contributed by atoms with Crippen molar-refractivity contribution in [3.05, 3.63) is 90.5 Å². The highest BCUT2D eigenvalue weighted by atomic mass is 16.6. The molecule has 0 aliphatic carbocycles. The first-order valence-corrected chi connectivity index (χ1v) is 15.6. The molecule has 0 aromatic heterocycles. The minimum atomic E-state index is -1.19. The number of nitrogens with zero attached hydrogens (tertiary/aromatic N) is 1. The number of hydrogen-bond donors (Lipinski definition) is 2. The zero-order valence-electron chi connectivity index (χ0n) is 28.6. The van der Waals surface area contributed by atoms with Gasteiger partial charge in [-0.15, -0.1) is 6.58 Å². The van der Waals surface area contributed by atoms with Crippen LogP contribution in [0.1, 0.15) is 84.5 Å². The molecule has 2 rings (SSSR count). The van der Waals surface area contributed by atoms with Gasteiger partial charge in [0.25, 0.3) is 0 Å². The zero-order chi connectivity index (χ0) is 34.7. The molecule has 0 bridgehead atoms. The van der Waals surface area contributed by atoms with Gasteiger partial charge in [0.15, 0.2) is 0 Å². The summed E-state index contributed by atoms with van der Waals surface area (Å²) in [4.78, 5) is 56.4. The van der Waals surface area contributed by atoms with E-state index in [2.05, 4.69) is 23.8 Å². The van der Waals surface area contributed by atoms with Gasteiger partial charge >= 0.3 is 12.1 Å². The third-order valence-electron chi connectivity index (χ3n) is 6.62. The van der Waals surface area contributed by atoms with E-state index < -0.39 is 53.2 Å². The molecule has 0 aliphatic rings. The average molecular weight is 634 g/mol. The fourth-order valence-electron chi connectivity index (χ4n) is 4.80. The molecule has 0 aliphatic heterocycles. The third kappa shape index (κ3) is 12.5. The van der Waals surface area contributed by atoms with Crippen LogP contribution in [-0.2, 0) is 30.3 Å². The molecule has 0 heterocycles. The van der Waals surface area contributed by atoms with Crippen LogP contribution in [0.25, 0.3) is 6.08 Å². The van der Waals surface area contributed by atoms with Crippen molar-refractivity contribution >= 4 is 30.0 Å². The number of hydrogen-bond acceptors (Lipinski definition) is 6. The van der Waals surface area contributed by atoms with Crippen molar-refractivity contribution < 1.29 is 28.7 Å². The molecule has 2 aromatic rings. The standard InChI is InChI=1S/C37H51N3O6/c1-11-21-40(33(42)29(22-25(3)4)39-35(44)46-37(8,9)10)31(28-20-16-19-26(12-2)23-28)32(41)38-30(34(43)45-36(5,6)7)24-27-17-14-13-15-18-27/h11-20,23,25,29-31H,1-2,21-22,24H2,3-10H3,(H,38,41)(H,39,44). The highest BCUT2D eigenvalue weighted by molar-refractivity contribution is 5.94. The van der Waals surface area contributed by atoms with Crippen LogP contribution in [-0.4, -0.2) is 58.6 Å². The van der Waals surface area contributed by atoms with Crippen molar-refractivity contribution in [3.63, 3.8) is 0 Å². The van der Waals surface area contributed by atoms with Gasteiger partial charge in [-0.3, -0.25) is 9.59 Å². The molecule has 0 fully saturated rings. The molecule has 250 valence electrons. The molecule has 0 spiro atoms. The van der Waals surface area contributed by atoms with Crippen LogP contribution < -0.4 is 10.6 Å². The molecule has 3 unspecified atom stereocenters. The minimum Gasteiger partial charge on any atom is -0.458 e. The summed E-state index contributed by atoms with van der Waals surface area (Å²) in [7, 11) is 0. The lowest BCUT2D eigenvalue weighted by Gasteiger charge is -2.35. The van der Waals surface area contributed by atoms with Gasteiger partial charge in [-0.2, -0.15) is 0 Å². The fourth-order valence-corrected chi connectivity index (χ4v) is 4.80. The Morgan fingerprint density at radius 3 is 2.02 bits per heavy atom. The lowest BCUT2D eigenvalue weighted by atomic mass is 9.97. The number of carbonyl (C=O) groups is 4. The van der Waals surface area contributed by atoms with Gasteiger partial charge in [0.1, 0.15) is 29.3 Å². The predicted molar refractivity (Wildman–Crippen MR) is 182 cm³/mol. The number of carbonyl (C=O) groups excluding carboxylic acids is 4. The van der Waals surface area contributed by atoms with Gasteiger partial charge in [-0.25, -0.2) is 9.59 Å². The molecule has 3 amide bonds. The number of nitrogens with one attached hydrogen (secondary N) is 2. The van der Waals surface area contributed by atoms with Gasteiger partial charge < -0.3 is 25.0 Å². The maximum atomic E-state index is 14.4. The van der Waals surface area contributed by atoms with Gasteiger partial charge in [0.2, 0.25) is 11.8 Å². The van der Waals surface area contributed by atoms with E-state index in [1.807, 2.05) is 50.2 Å². The van der Waals surface area contributed by atoms with Crippen LogP contribution in [0, 0.1) is 5.92 Å². The summed E-state index contributed by atoms with van der Waals surface area (Å²) in [6.45, 7) is 22.0. The lowest BCUT2D eigenvalue weighted by Crippen LogP contribution is -2.55. The smallest absolute Gasteiger partial charge is 0.408 e. The van der Waals surface area contributed by atoms with E-state index in [9.17, 15) is 19.2 Å². The van der Waals surface area contributed by atoms with E-state index in [1.165, 1.54) is 11.0 Å². The van der Waals surface area contributed by atoms with Crippen molar-refractivity contribution in [2.75, 3.05) is 6.54 Å². The molecule has 0 saturated carbocycles. The Morgan fingerprint density at radius 1 is 0.848 bits per heavy atom. The van der Waals surface area contributed by atoms with Crippen LogP contribution in [0.4, 0.5) is 4.79 Å². The second-order valence-electron chi connectivity index (χ2n) is 13.7. The van der Waals surface area contributed by atoms with E-state index in [0.717, 1.165) is 11.1 Å². The van der Waals surface area contributed by atoms with Crippen molar-refractivity contribution in [1.29, 1.82) is 0 Å². The van der Waals surface area contributed by atoms with Crippen molar-refractivity contribution in [1.82, 2.24) is 15.5 Å². The Balaban J connectivity index is 2.62. The topological polar surface area (TPSA) is 114 Å². The molecule has 2 N–H and O–H groups in total. The quantitative estimate of drug-likeness (QED) is 0.184. The van der Waals surface area contributed by atoms with Gasteiger partial charge in [0.05, 0.1) is 0 Å². The van der Waals surface area contributed by atoms with Crippen LogP contribution in [0.5, 0.6) is 0 Å².